The number of nitrogens with zero attached hydrogens (tertiary/aromatic N) is 1. The highest BCUT2D eigenvalue weighted by Gasteiger charge is 2.40. The average molecular weight is 283 g/mol. The number of aliphatic carboxylic acids is 1. The van der Waals surface area contributed by atoms with E-state index in [2.05, 4.69) is 11.8 Å². The van der Waals surface area contributed by atoms with E-state index in [-0.39, 0.29) is 0 Å². The van der Waals surface area contributed by atoms with Gasteiger partial charge in [0.2, 0.25) is 0 Å². The molecular weight excluding hydrogens is 266 g/mol. The molecule has 2 aliphatic rings. The van der Waals surface area contributed by atoms with Gasteiger partial charge < -0.3 is 5.11 Å². The van der Waals surface area contributed by atoms with E-state index in [0.717, 1.165) is 30.7 Å². The van der Waals surface area contributed by atoms with Crippen LogP contribution in [-0.4, -0.2) is 39.6 Å². The molecule has 1 fully saturated rings. The van der Waals surface area contributed by atoms with Gasteiger partial charge in [-0.05, 0) is 35.6 Å². The highest BCUT2D eigenvalue weighted by atomic mass is 32.2. The Bertz CT molecular complexity index is 460. The molecular formula is C13H17NO2S2. The largest absolute Gasteiger partial charge is 0.480 e. The summed E-state index contributed by atoms with van der Waals surface area (Å²) in [6, 6.07) is 1.99. The summed E-state index contributed by atoms with van der Waals surface area (Å²) in [6.07, 6.45) is 2.12. The van der Waals surface area contributed by atoms with Crippen LogP contribution in [-0.2, 0) is 11.2 Å². The van der Waals surface area contributed by atoms with Gasteiger partial charge in [0.25, 0.3) is 0 Å². The minimum absolute atomic E-state index is 0.421. The molecule has 1 aromatic heterocycles. The van der Waals surface area contributed by atoms with Crippen LogP contribution >= 0.6 is 23.1 Å². The van der Waals surface area contributed by atoms with Gasteiger partial charge in [-0.25, -0.2) is 0 Å². The molecule has 5 heteroatoms. The van der Waals surface area contributed by atoms with E-state index in [1.54, 1.807) is 11.3 Å². The van der Waals surface area contributed by atoms with Gasteiger partial charge in [0.15, 0.2) is 0 Å². The molecule has 0 radical (unpaired) electrons. The van der Waals surface area contributed by atoms with Crippen molar-refractivity contribution >= 4 is 29.1 Å². The van der Waals surface area contributed by atoms with Gasteiger partial charge in [0.05, 0.1) is 0 Å². The summed E-state index contributed by atoms with van der Waals surface area (Å²) in [5, 5.41) is 12.1. The normalized spacial score (nSPS) is 32.4. The molecule has 0 spiro atoms. The number of carboxylic acids is 1. The molecule has 0 saturated carbocycles. The quantitative estimate of drug-likeness (QED) is 0.906. The summed E-state index contributed by atoms with van der Waals surface area (Å²) >= 11 is 3.66. The highest BCUT2D eigenvalue weighted by molar-refractivity contribution is 8.00. The van der Waals surface area contributed by atoms with Gasteiger partial charge in [0, 0.05) is 22.7 Å². The molecule has 1 N–H and O–H groups in total. The van der Waals surface area contributed by atoms with Gasteiger partial charge in [-0.15, -0.1) is 11.3 Å². The first-order valence-corrected chi connectivity index (χ1v) is 8.27. The number of carboxylic acid groups (broad SMARTS) is 1. The summed E-state index contributed by atoms with van der Waals surface area (Å²) in [7, 11) is 0. The van der Waals surface area contributed by atoms with E-state index < -0.39 is 12.0 Å². The zero-order valence-corrected chi connectivity index (χ0v) is 12.0. The van der Waals surface area contributed by atoms with Crippen LogP contribution in [0.2, 0.25) is 0 Å². The van der Waals surface area contributed by atoms with E-state index in [9.17, 15) is 9.90 Å². The maximum absolute atomic E-state index is 11.6. The summed E-state index contributed by atoms with van der Waals surface area (Å²) in [5.41, 5.74) is 1.03. The molecule has 3 nitrogen and oxygen atoms in total. The second-order valence-electron chi connectivity index (χ2n) is 4.96. The van der Waals surface area contributed by atoms with E-state index in [1.165, 1.54) is 4.88 Å². The van der Waals surface area contributed by atoms with Crippen molar-refractivity contribution in [2.75, 3.05) is 12.3 Å². The molecule has 1 saturated heterocycles. The molecule has 3 heterocycles. The Morgan fingerprint density at radius 1 is 1.56 bits per heavy atom. The van der Waals surface area contributed by atoms with Crippen molar-refractivity contribution in [1.29, 1.82) is 0 Å². The molecule has 2 aliphatic heterocycles. The average Bonchev–Trinajstić information content (AvgIpc) is 2.95. The van der Waals surface area contributed by atoms with Crippen molar-refractivity contribution in [3.05, 3.63) is 21.9 Å². The molecule has 0 bridgehead atoms. The summed E-state index contributed by atoms with van der Waals surface area (Å²) < 4.78 is 0. The number of hydrogen-bond acceptors (Lipinski definition) is 4. The molecule has 1 aromatic rings. The number of rotatable bonds is 2. The van der Waals surface area contributed by atoms with Crippen molar-refractivity contribution in [1.82, 2.24) is 4.90 Å². The fourth-order valence-electron chi connectivity index (χ4n) is 3.12. The highest BCUT2D eigenvalue weighted by Crippen LogP contribution is 2.40. The van der Waals surface area contributed by atoms with Crippen LogP contribution < -0.4 is 0 Å². The van der Waals surface area contributed by atoms with Crippen LogP contribution in [0.15, 0.2) is 11.4 Å². The monoisotopic (exact) mass is 283 g/mol. The second-order valence-corrected chi connectivity index (χ2v) is 7.45. The number of hydrogen-bond donors (Lipinski definition) is 1. The van der Waals surface area contributed by atoms with Crippen LogP contribution in [0.3, 0.4) is 0 Å². The summed E-state index contributed by atoms with van der Waals surface area (Å²) in [5.74, 6) is 0.462. The minimum Gasteiger partial charge on any atom is -0.480 e. The standard InChI is InChI=1S/C13H17NO2S2/c1-8-10(4-7-17-8)14-5-2-11-9(3-6-18-11)12(14)13(15)16/h3,6,8,10,12H,2,4-5,7H2,1H3,(H,15,16). The lowest BCUT2D eigenvalue weighted by atomic mass is 9.96. The lowest BCUT2D eigenvalue weighted by molar-refractivity contribution is -0.145. The van der Waals surface area contributed by atoms with E-state index in [4.69, 9.17) is 0 Å². The fourth-order valence-corrected chi connectivity index (χ4v) is 5.29. The zero-order valence-electron chi connectivity index (χ0n) is 10.3. The Morgan fingerprint density at radius 2 is 2.39 bits per heavy atom. The third kappa shape index (κ3) is 1.98. The fraction of sp³-hybridized carbons (Fsp3) is 0.615. The number of carbonyl (C=O) groups is 1. The molecule has 0 amide bonds. The summed E-state index contributed by atoms with van der Waals surface area (Å²) in [6.45, 7) is 3.12. The molecule has 0 aromatic carbocycles. The molecule has 3 unspecified atom stereocenters. The van der Waals surface area contributed by atoms with Crippen molar-refractivity contribution in [2.45, 2.75) is 37.1 Å². The topological polar surface area (TPSA) is 40.5 Å². The van der Waals surface area contributed by atoms with Crippen LogP contribution in [0, 0.1) is 0 Å². The van der Waals surface area contributed by atoms with Crippen molar-refractivity contribution in [3.8, 4) is 0 Å². The smallest absolute Gasteiger partial charge is 0.325 e. The molecule has 98 valence electrons. The Kier molecular flexibility index (Phi) is 3.38. The maximum Gasteiger partial charge on any atom is 0.325 e. The lowest BCUT2D eigenvalue weighted by Gasteiger charge is -2.39. The lowest BCUT2D eigenvalue weighted by Crippen LogP contribution is -2.47. The van der Waals surface area contributed by atoms with Gasteiger partial charge in [-0.3, -0.25) is 9.69 Å². The Morgan fingerprint density at radius 3 is 3.06 bits per heavy atom. The van der Waals surface area contributed by atoms with Crippen LogP contribution in [0.25, 0.3) is 0 Å². The predicted molar refractivity (Wildman–Crippen MR) is 75.4 cm³/mol. The number of fused-ring (bicyclic) bond motifs is 1. The minimum atomic E-state index is -0.696. The third-order valence-electron chi connectivity index (χ3n) is 4.00. The maximum atomic E-state index is 11.6. The van der Waals surface area contributed by atoms with Crippen molar-refractivity contribution in [3.63, 3.8) is 0 Å². The molecule has 3 rings (SSSR count). The van der Waals surface area contributed by atoms with E-state index in [0.29, 0.717) is 11.3 Å². The van der Waals surface area contributed by atoms with Crippen LogP contribution in [0.4, 0.5) is 0 Å². The Labute approximate surface area is 115 Å². The van der Waals surface area contributed by atoms with Crippen LogP contribution in [0.5, 0.6) is 0 Å². The number of thiophene rings is 1. The van der Waals surface area contributed by atoms with Gasteiger partial charge in [-0.2, -0.15) is 11.8 Å². The van der Waals surface area contributed by atoms with Crippen molar-refractivity contribution < 1.29 is 9.90 Å². The molecule has 0 aliphatic carbocycles. The van der Waals surface area contributed by atoms with Gasteiger partial charge in [-0.1, -0.05) is 6.92 Å². The zero-order chi connectivity index (χ0) is 12.7. The van der Waals surface area contributed by atoms with Gasteiger partial charge in [0.1, 0.15) is 6.04 Å². The Balaban J connectivity index is 1.93. The molecule has 3 atom stereocenters. The van der Waals surface area contributed by atoms with Crippen molar-refractivity contribution in [2.24, 2.45) is 0 Å². The summed E-state index contributed by atoms with van der Waals surface area (Å²) in [4.78, 5) is 15.1. The second kappa shape index (κ2) is 4.87. The number of thioether (sulfide) groups is 1. The SMILES string of the molecule is CC1SCCC1N1CCc2sccc2C1C(=O)O. The molecule has 18 heavy (non-hydrogen) atoms. The first-order valence-electron chi connectivity index (χ1n) is 6.35. The van der Waals surface area contributed by atoms with Crippen LogP contribution in [0.1, 0.15) is 29.8 Å². The van der Waals surface area contributed by atoms with E-state index >= 15 is 0 Å². The first kappa shape index (κ1) is 12.5. The third-order valence-corrected chi connectivity index (χ3v) is 6.31. The first-order chi connectivity index (χ1) is 8.68. The Hall–Kier alpha value is -0.520. The predicted octanol–water partition coefficient (Wildman–Crippen LogP) is 2.63. The van der Waals surface area contributed by atoms with E-state index in [1.807, 2.05) is 23.2 Å². The van der Waals surface area contributed by atoms with Gasteiger partial charge >= 0.3 is 5.97 Å².